The van der Waals surface area contributed by atoms with Gasteiger partial charge in [-0.2, -0.15) is 0 Å². The van der Waals surface area contributed by atoms with Gasteiger partial charge in [0, 0.05) is 10.7 Å². The highest BCUT2D eigenvalue weighted by molar-refractivity contribution is 9.10. The summed E-state index contributed by atoms with van der Waals surface area (Å²) in [6.07, 6.45) is 2.63. The zero-order valence-electron chi connectivity index (χ0n) is 9.85. The van der Waals surface area contributed by atoms with Crippen molar-refractivity contribution in [2.45, 2.75) is 6.92 Å². The maximum atomic E-state index is 11.0. The predicted octanol–water partition coefficient (Wildman–Crippen LogP) is 4.62. The minimum absolute atomic E-state index is 0.572. The van der Waals surface area contributed by atoms with Gasteiger partial charge in [-0.15, -0.1) is 0 Å². The van der Waals surface area contributed by atoms with Gasteiger partial charge in [0.2, 0.25) is 0 Å². The molecule has 0 N–H and O–H groups in total. The average Bonchev–Trinajstić information content (AvgIpc) is 3.01. The summed E-state index contributed by atoms with van der Waals surface area (Å²) in [7, 11) is 0. The third kappa shape index (κ3) is 2.02. The fraction of sp³-hybridized carbons (Fsp3) is 0.0769. The van der Waals surface area contributed by atoms with E-state index in [4.69, 9.17) is 11.6 Å². The number of carbonyl (C=O) groups is 1. The summed E-state index contributed by atoms with van der Waals surface area (Å²) in [5.74, 6) is 0. The van der Waals surface area contributed by atoms with Crippen molar-refractivity contribution in [2.75, 3.05) is 0 Å². The molecule has 3 nitrogen and oxygen atoms in total. The van der Waals surface area contributed by atoms with Crippen LogP contribution < -0.4 is 0 Å². The van der Waals surface area contributed by atoms with Crippen LogP contribution in [0.3, 0.4) is 0 Å². The Balaban J connectivity index is 2.31. The lowest BCUT2D eigenvalue weighted by Crippen LogP contribution is -1.95. The molecule has 0 unspecified atom stereocenters. The molecule has 96 valence electrons. The molecule has 0 saturated carbocycles. The molecule has 2 heterocycles. The smallest absolute Gasteiger partial charge is 0.195 e. The molecule has 0 aliphatic heterocycles. The first-order chi connectivity index (χ1) is 9.11. The Morgan fingerprint density at radius 3 is 3.05 bits per heavy atom. The number of benzene rings is 1. The third-order valence-corrected chi connectivity index (χ3v) is 5.11. The van der Waals surface area contributed by atoms with E-state index in [-0.39, 0.29) is 0 Å². The first kappa shape index (κ1) is 12.8. The molecular weight excluding hydrogens is 348 g/mol. The van der Waals surface area contributed by atoms with Crippen molar-refractivity contribution in [1.29, 1.82) is 0 Å². The number of hydrogen-bond donors (Lipinski definition) is 0. The Morgan fingerprint density at radius 1 is 1.53 bits per heavy atom. The Kier molecular flexibility index (Phi) is 3.20. The van der Waals surface area contributed by atoms with Crippen LogP contribution in [-0.4, -0.2) is 15.8 Å². The van der Waals surface area contributed by atoms with Crippen LogP contribution >= 0.6 is 38.9 Å². The fourth-order valence-electron chi connectivity index (χ4n) is 1.89. The van der Waals surface area contributed by atoms with E-state index in [0.29, 0.717) is 10.7 Å². The Morgan fingerprint density at radius 2 is 2.32 bits per heavy atom. The SMILES string of the molecule is Cc1cc(Br)c2nc(-n3cccc3C=O)sc2c1Cl. The number of rotatable bonds is 2. The van der Waals surface area contributed by atoms with E-state index in [1.165, 1.54) is 11.3 Å². The Labute approximate surface area is 127 Å². The van der Waals surface area contributed by atoms with Crippen molar-refractivity contribution < 1.29 is 4.79 Å². The molecule has 19 heavy (non-hydrogen) atoms. The topological polar surface area (TPSA) is 34.9 Å². The van der Waals surface area contributed by atoms with Crippen LogP contribution in [0.15, 0.2) is 28.9 Å². The molecule has 3 aromatic rings. The highest BCUT2D eigenvalue weighted by Crippen LogP contribution is 2.37. The molecule has 0 saturated heterocycles. The standard InChI is InChI=1S/C13H8BrClN2OS/c1-7-5-9(14)11-12(10(7)15)19-13(16-11)17-4-2-3-8(17)6-18/h2-6H,1H3. The quantitative estimate of drug-likeness (QED) is 0.628. The number of carbonyl (C=O) groups excluding carboxylic acids is 1. The molecule has 0 amide bonds. The van der Waals surface area contributed by atoms with Crippen molar-refractivity contribution in [3.63, 3.8) is 0 Å². The molecule has 3 rings (SSSR count). The second-order valence-corrected chi connectivity index (χ2v) is 6.29. The monoisotopic (exact) mass is 354 g/mol. The van der Waals surface area contributed by atoms with Gasteiger partial charge >= 0.3 is 0 Å². The largest absolute Gasteiger partial charge is 0.296 e. The Bertz CT molecular complexity index is 793. The van der Waals surface area contributed by atoms with E-state index in [1.54, 1.807) is 10.6 Å². The van der Waals surface area contributed by atoms with Gasteiger partial charge in [-0.05, 0) is 46.6 Å². The van der Waals surface area contributed by atoms with Gasteiger partial charge in [-0.3, -0.25) is 9.36 Å². The van der Waals surface area contributed by atoms with Crippen molar-refractivity contribution in [2.24, 2.45) is 0 Å². The summed E-state index contributed by atoms with van der Waals surface area (Å²) in [5.41, 5.74) is 2.39. The summed E-state index contributed by atoms with van der Waals surface area (Å²) in [6.45, 7) is 1.96. The van der Waals surface area contributed by atoms with Crippen LogP contribution in [0.1, 0.15) is 16.1 Å². The molecule has 0 bridgehead atoms. The molecule has 0 aliphatic carbocycles. The van der Waals surface area contributed by atoms with E-state index < -0.39 is 0 Å². The first-order valence-corrected chi connectivity index (χ1v) is 7.48. The summed E-state index contributed by atoms with van der Waals surface area (Å²) >= 11 is 11.3. The number of halogens is 2. The summed E-state index contributed by atoms with van der Waals surface area (Å²) in [5, 5.41) is 1.44. The van der Waals surface area contributed by atoms with Crippen molar-refractivity contribution >= 4 is 55.4 Å². The molecule has 0 radical (unpaired) electrons. The summed E-state index contributed by atoms with van der Waals surface area (Å²) in [6, 6.07) is 5.52. The Hall–Kier alpha value is -1.17. The van der Waals surface area contributed by atoms with Crippen LogP contribution in [-0.2, 0) is 0 Å². The molecule has 2 aromatic heterocycles. The number of nitrogens with zero attached hydrogens (tertiary/aromatic N) is 2. The number of thiazole rings is 1. The normalized spacial score (nSPS) is 11.1. The fourth-order valence-corrected chi connectivity index (χ4v) is 4.00. The molecule has 0 atom stereocenters. The number of aromatic nitrogens is 2. The van der Waals surface area contributed by atoms with Crippen LogP contribution in [0.5, 0.6) is 0 Å². The van der Waals surface area contributed by atoms with Gasteiger partial charge in [-0.1, -0.05) is 22.9 Å². The minimum atomic E-state index is 0.572. The second kappa shape index (κ2) is 4.74. The highest BCUT2D eigenvalue weighted by atomic mass is 79.9. The zero-order valence-corrected chi connectivity index (χ0v) is 13.0. The van der Waals surface area contributed by atoms with E-state index in [2.05, 4.69) is 20.9 Å². The second-order valence-electron chi connectivity index (χ2n) is 4.08. The van der Waals surface area contributed by atoms with E-state index in [1.807, 2.05) is 25.3 Å². The van der Waals surface area contributed by atoms with Gasteiger partial charge in [0.1, 0.15) is 0 Å². The van der Waals surface area contributed by atoms with Gasteiger partial charge in [-0.25, -0.2) is 4.98 Å². The van der Waals surface area contributed by atoms with Crippen LogP contribution in [0.2, 0.25) is 5.02 Å². The molecule has 0 spiro atoms. The molecule has 1 aromatic carbocycles. The number of aryl methyl sites for hydroxylation is 1. The van der Waals surface area contributed by atoms with Crippen LogP contribution in [0, 0.1) is 6.92 Å². The first-order valence-electron chi connectivity index (χ1n) is 5.50. The summed E-state index contributed by atoms with van der Waals surface area (Å²) in [4.78, 5) is 15.5. The zero-order chi connectivity index (χ0) is 13.6. The molecule has 0 aliphatic rings. The third-order valence-electron chi connectivity index (χ3n) is 2.84. The maximum Gasteiger partial charge on any atom is 0.195 e. The van der Waals surface area contributed by atoms with Crippen molar-refractivity contribution in [3.05, 3.63) is 45.1 Å². The van der Waals surface area contributed by atoms with E-state index >= 15 is 0 Å². The van der Waals surface area contributed by atoms with Gasteiger partial charge in [0.15, 0.2) is 11.4 Å². The van der Waals surface area contributed by atoms with E-state index in [9.17, 15) is 4.79 Å². The average molecular weight is 356 g/mol. The van der Waals surface area contributed by atoms with Gasteiger partial charge < -0.3 is 0 Å². The van der Waals surface area contributed by atoms with Crippen molar-refractivity contribution in [3.8, 4) is 5.13 Å². The minimum Gasteiger partial charge on any atom is -0.296 e. The predicted molar refractivity (Wildman–Crippen MR) is 81.8 cm³/mol. The lowest BCUT2D eigenvalue weighted by atomic mass is 10.2. The maximum absolute atomic E-state index is 11.0. The summed E-state index contributed by atoms with van der Waals surface area (Å²) < 4.78 is 3.59. The molecule has 0 fully saturated rings. The number of fused-ring (bicyclic) bond motifs is 1. The number of hydrogen-bond acceptors (Lipinski definition) is 3. The lowest BCUT2D eigenvalue weighted by molar-refractivity contribution is 0.111. The van der Waals surface area contributed by atoms with Crippen LogP contribution in [0.25, 0.3) is 15.3 Å². The number of aldehydes is 1. The van der Waals surface area contributed by atoms with E-state index in [0.717, 1.165) is 31.7 Å². The highest BCUT2D eigenvalue weighted by Gasteiger charge is 2.14. The van der Waals surface area contributed by atoms with Gasteiger partial charge in [0.05, 0.1) is 20.9 Å². The molecular formula is C13H8BrClN2OS. The van der Waals surface area contributed by atoms with Crippen molar-refractivity contribution in [1.82, 2.24) is 9.55 Å². The van der Waals surface area contributed by atoms with Crippen LogP contribution in [0.4, 0.5) is 0 Å². The lowest BCUT2D eigenvalue weighted by Gasteiger charge is -1.99. The van der Waals surface area contributed by atoms with Gasteiger partial charge in [0.25, 0.3) is 0 Å². The molecule has 6 heteroatoms.